The lowest BCUT2D eigenvalue weighted by atomic mass is 10.1. The standard InChI is InChI=1S/C26H27F3N2O4/c1-16(15-30-24(33)35-25(2,3)4)31-23(32)18-8-13-21-17(14-18)6-5-7-22(21)34-20-11-9-19(10-12-20)26(27,28)29/h5-14,16H,15H2,1-4H3,(H,30,33)(H,31,32). The highest BCUT2D eigenvalue weighted by atomic mass is 19.4. The van der Waals surface area contributed by atoms with Gasteiger partial charge in [0, 0.05) is 23.5 Å². The van der Waals surface area contributed by atoms with E-state index in [9.17, 15) is 22.8 Å². The summed E-state index contributed by atoms with van der Waals surface area (Å²) in [5.74, 6) is 0.391. The van der Waals surface area contributed by atoms with Crippen LogP contribution in [0.5, 0.6) is 11.5 Å². The quantitative estimate of drug-likeness (QED) is 0.427. The van der Waals surface area contributed by atoms with Gasteiger partial charge in [-0.25, -0.2) is 4.79 Å². The van der Waals surface area contributed by atoms with Crippen LogP contribution in [0.15, 0.2) is 60.7 Å². The number of alkyl carbamates (subject to hydrolysis) is 1. The molecule has 186 valence electrons. The topological polar surface area (TPSA) is 76.7 Å². The van der Waals surface area contributed by atoms with Crippen LogP contribution in [0, 0.1) is 0 Å². The Morgan fingerprint density at radius 2 is 1.66 bits per heavy atom. The molecule has 0 aliphatic heterocycles. The monoisotopic (exact) mass is 488 g/mol. The summed E-state index contributed by atoms with van der Waals surface area (Å²) >= 11 is 0. The van der Waals surface area contributed by atoms with Gasteiger partial charge in [-0.1, -0.05) is 12.1 Å². The van der Waals surface area contributed by atoms with Crippen molar-refractivity contribution in [1.82, 2.24) is 10.6 Å². The van der Waals surface area contributed by atoms with Crippen molar-refractivity contribution in [2.75, 3.05) is 6.54 Å². The normalized spacial score (nSPS) is 12.7. The molecular formula is C26H27F3N2O4. The summed E-state index contributed by atoms with van der Waals surface area (Å²) in [7, 11) is 0. The molecule has 6 nitrogen and oxygen atoms in total. The van der Waals surface area contributed by atoms with Crippen molar-refractivity contribution in [1.29, 1.82) is 0 Å². The summed E-state index contributed by atoms with van der Waals surface area (Å²) in [5.41, 5.74) is -0.959. The van der Waals surface area contributed by atoms with Crippen LogP contribution in [-0.4, -0.2) is 30.2 Å². The minimum absolute atomic E-state index is 0.194. The molecule has 0 fully saturated rings. The smallest absolute Gasteiger partial charge is 0.416 e. The molecule has 1 atom stereocenters. The molecule has 0 bridgehead atoms. The third-order valence-electron chi connectivity index (χ3n) is 4.84. The molecule has 35 heavy (non-hydrogen) atoms. The lowest BCUT2D eigenvalue weighted by molar-refractivity contribution is -0.137. The first kappa shape index (κ1) is 25.9. The van der Waals surface area contributed by atoms with Crippen LogP contribution in [0.1, 0.15) is 43.6 Å². The molecule has 0 aliphatic rings. The highest BCUT2D eigenvalue weighted by Crippen LogP contribution is 2.33. The molecule has 0 spiro atoms. The average Bonchev–Trinajstić information content (AvgIpc) is 2.76. The molecule has 2 amide bonds. The second kappa shape index (κ2) is 10.2. The number of alkyl halides is 3. The molecule has 9 heteroatoms. The van der Waals surface area contributed by atoms with Crippen molar-refractivity contribution >= 4 is 22.8 Å². The summed E-state index contributed by atoms with van der Waals surface area (Å²) in [5, 5.41) is 6.85. The number of carbonyl (C=O) groups is 2. The molecule has 2 N–H and O–H groups in total. The Bertz CT molecular complexity index is 1200. The second-order valence-electron chi connectivity index (χ2n) is 9.07. The third kappa shape index (κ3) is 7.37. The number of carbonyl (C=O) groups excluding carboxylic acids is 2. The Labute approximate surface area is 201 Å². The van der Waals surface area contributed by atoms with E-state index < -0.39 is 23.4 Å². The van der Waals surface area contributed by atoms with E-state index in [2.05, 4.69) is 10.6 Å². The van der Waals surface area contributed by atoms with Gasteiger partial charge in [-0.05, 0) is 81.6 Å². The zero-order chi connectivity index (χ0) is 25.8. The van der Waals surface area contributed by atoms with E-state index in [1.165, 1.54) is 12.1 Å². The number of benzene rings is 3. The molecule has 0 saturated heterocycles. The van der Waals surface area contributed by atoms with Crippen LogP contribution >= 0.6 is 0 Å². The first-order valence-corrected chi connectivity index (χ1v) is 11.0. The van der Waals surface area contributed by atoms with Gasteiger partial charge in [0.2, 0.25) is 0 Å². The average molecular weight is 489 g/mol. The van der Waals surface area contributed by atoms with Gasteiger partial charge in [-0.3, -0.25) is 4.79 Å². The number of nitrogens with one attached hydrogen (secondary N) is 2. The second-order valence-corrected chi connectivity index (χ2v) is 9.07. The zero-order valence-electron chi connectivity index (χ0n) is 19.8. The largest absolute Gasteiger partial charge is 0.457 e. The van der Waals surface area contributed by atoms with Crippen LogP contribution in [0.4, 0.5) is 18.0 Å². The van der Waals surface area contributed by atoms with Gasteiger partial charge < -0.3 is 20.1 Å². The molecule has 0 heterocycles. The number of rotatable bonds is 6. The molecule has 0 saturated carbocycles. The summed E-state index contributed by atoms with van der Waals surface area (Å²) in [4.78, 5) is 24.5. The minimum atomic E-state index is -4.42. The predicted molar refractivity (Wildman–Crippen MR) is 127 cm³/mol. The van der Waals surface area contributed by atoms with E-state index in [0.29, 0.717) is 16.7 Å². The first-order valence-electron chi connectivity index (χ1n) is 11.0. The number of ether oxygens (including phenoxy) is 2. The first-order chi connectivity index (χ1) is 16.3. The Morgan fingerprint density at radius 3 is 2.29 bits per heavy atom. The van der Waals surface area contributed by atoms with Crippen LogP contribution in [-0.2, 0) is 10.9 Å². The summed E-state index contributed by atoms with van der Waals surface area (Å²) in [6.07, 6.45) is -4.98. The molecular weight excluding hydrogens is 461 g/mol. The molecule has 3 aromatic rings. The van der Waals surface area contributed by atoms with Crippen molar-refractivity contribution < 1.29 is 32.2 Å². The fourth-order valence-electron chi connectivity index (χ4n) is 3.23. The Morgan fingerprint density at radius 1 is 0.971 bits per heavy atom. The highest BCUT2D eigenvalue weighted by molar-refractivity contribution is 6.00. The lowest BCUT2D eigenvalue weighted by Crippen LogP contribution is -2.43. The van der Waals surface area contributed by atoms with Crippen LogP contribution in [0.3, 0.4) is 0 Å². The Balaban J connectivity index is 1.66. The van der Waals surface area contributed by atoms with Gasteiger partial charge in [0.1, 0.15) is 17.1 Å². The van der Waals surface area contributed by atoms with E-state index in [0.717, 1.165) is 17.5 Å². The van der Waals surface area contributed by atoms with Crippen molar-refractivity contribution in [2.24, 2.45) is 0 Å². The van der Waals surface area contributed by atoms with E-state index in [4.69, 9.17) is 9.47 Å². The summed E-state index contributed by atoms with van der Waals surface area (Å²) < 4.78 is 49.3. The van der Waals surface area contributed by atoms with Gasteiger partial charge in [0.25, 0.3) is 5.91 Å². The molecule has 0 aromatic heterocycles. The molecule has 3 rings (SSSR count). The van der Waals surface area contributed by atoms with Crippen molar-refractivity contribution in [2.45, 2.75) is 45.5 Å². The maximum atomic E-state index is 12.8. The highest BCUT2D eigenvalue weighted by Gasteiger charge is 2.30. The van der Waals surface area contributed by atoms with Crippen LogP contribution in [0.2, 0.25) is 0 Å². The zero-order valence-corrected chi connectivity index (χ0v) is 19.8. The molecule has 3 aromatic carbocycles. The van der Waals surface area contributed by atoms with Gasteiger partial charge in [-0.15, -0.1) is 0 Å². The third-order valence-corrected chi connectivity index (χ3v) is 4.84. The lowest BCUT2D eigenvalue weighted by Gasteiger charge is -2.21. The van der Waals surface area contributed by atoms with E-state index in [1.807, 2.05) is 0 Å². The maximum Gasteiger partial charge on any atom is 0.416 e. The number of amides is 2. The number of halogens is 3. The SMILES string of the molecule is CC(CNC(=O)OC(C)(C)C)NC(=O)c1ccc2c(Oc3ccc(C(F)(F)F)cc3)cccc2c1. The maximum absolute atomic E-state index is 12.8. The predicted octanol–water partition coefficient (Wildman–Crippen LogP) is 6.29. The van der Waals surface area contributed by atoms with Crippen molar-refractivity contribution in [3.8, 4) is 11.5 Å². The van der Waals surface area contributed by atoms with E-state index >= 15 is 0 Å². The van der Waals surface area contributed by atoms with E-state index in [-0.39, 0.29) is 24.2 Å². The van der Waals surface area contributed by atoms with Gasteiger partial charge in [-0.2, -0.15) is 13.2 Å². The number of hydrogen-bond acceptors (Lipinski definition) is 4. The van der Waals surface area contributed by atoms with Gasteiger partial charge in [0.05, 0.1) is 5.56 Å². The summed E-state index contributed by atoms with van der Waals surface area (Å²) in [6, 6.07) is 14.4. The Hall–Kier alpha value is -3.75. The number of fused-ring (bicyclic) bond motifs is 1. The molecule has 1 unspecified atom stereocenters. The fourth-order valence-corrected chi connectivity index (χ4v) is 3.23. The van der Waals surface area contributed by atoms with Gasteiger partial charge >= 0.3 is 12.3 Å². The fraction of sp³-hybridized carbons (Fsp3) is 0.308. The number of hydrogen-bond donors (Lipinski definition) is 2. The van der Waals surface area contributed by atoms with E-state index in [1.54, 1.807) is 64.1 Å². The molecule has 0 radical (unpaired) electrons. The van der Waals surface area contributed by atoms with Crippen LogP contribution in [0.25, 0.3) is 10.8 Å². The summed E-state index contributed by atoms with van der Waals surface area (Å²) in [6.45, 7) is 7.23. The Kier molecular flexibility index (Phi) is 7.57. The van der Waals surface area contributed by atoms with Crippen molar-refractivity contribution in [3.05, 3.63) is 71.8 Å². The van der Waals surface area contributed by atoms with Crippen molar-refractivity contribution in [3.63, 3.8) is 0 Å². The van der Waals surface area contributed by atoms with Gasteiger partial charge in [0.15, 0.2) is 0 Å². The molecule has 0 aliphatic carbocycles. The van der Waals surface area contributed by atoms with Crippen LogP contribution < -0.4 is 15.4 Å². The minimum Gasteiger partial charge on any atom is -0.457 e.